The Labute approximate surface area is 86.0 Å². The zero-order valence-corrected chi connectivity index (χ0v) is 9.46. The van der Waals surface area contributed by atoms with Gasteiger partial charge >= 0.3 is 0 Å². The highest BCUT2D eigenvalue weighted by Gasteiger charge is 2.32. The quantitative estimate of drug-likeness (QED) is 0.747. The summed E-state index contributed by atoms with van der Waals surface area (Å²) < 4.78 is 0.598. The smallest absolute Gasteiger partial charge is 0.0281 e. The molecule has 1 nitrogen and oxygen atoms in total. The zero-order valence-electron chi connectivity index (χ0n) is 8.64. The van der Waals surface area contributed by atoms with E-state index in [2.05, 4.69) is 23.3 Å². The minimum atomic E-state index is 0.598. The van der Waals surface area contributed by atoms with Gasteiger partial charge in [0.1, 0.15) is 0 Å². The Kier molecular flexibility index (Phi) is 3.20. The lowest BCUT2D eigenvalue weighted by Crippen LogP contribution is -2.40. The van der Waals surface area contributed by atoms with Crippen LogP contribution < -0.4 is 5.32 Å². The zero-order chi connectivity index (χ0) is 9.15. The van der Waals surface area contributed by atoms with E-state index in [-0.39, 0.29) is 0 Å². The molecule has 0 aromatic carbocycles. The number of hydrogen-bond donors (Lipinski definition) is 1. The summed E-state index contributed by atoms with van der Waals surface area (Å²) in [5, 5.41) is 3.70. The highest BCUT2D eigenvalue weighted by molar-refractivity contribution is 8.00. The number of nitrogens with one attached hydrogen (secondary N) is 1. The molecular formula is C11H21NS. The Morgan fingerprint density at radius 1 is 1.23 bits per heavy atom. The SMILES string of the molecule is CSC1(CNC2CC2)CCCCC1. The lowest BCUT2D eigenvalue weighted by atomic mass is 9.88. The minimum Gasteiger partial charge on any atom is -0.313 e. The van der Waals surface area contributed by atoms with Gasteiger partial charge in [-0.2, -0.15) is 11.8 Å². The third kappa shape index (κ3) is 2.63. The van der Waals surface area contributed by atoms with Crippen molar-refractivity contribution in [3.8, 4) is 0 Å². The molecule has 0 atom stereocenters. The summed E-state index contributed by atoms with van der Waals surface area (Å²) in [5.41, 5.74) is 0. The average Bonchev–Trinajstić information content (AvgIpc) is 3.00. The van der Waals surface area contributed by atoms with E-state index < -0.39 is 0 Å². The molecule has 2 aliphatic rings. The van der Waals surface area contributed by atoms with Crippen molar-refractivity contribution in [1.82, 2.24) is 5.32 Å². The van der Waals surface area contributed by atoms with Gasteiger partial charge in [0, 0.05) is 17.3 Å². The van der Waals surface area contributed by atoms with Crippen LogP contribution in [0, 0.1) is 0 Å². The molecule has 0 bridgehead atoms. The molecule has 1 N–H and O–H groups in total. The molecule has 0 aromatic heterocycles. The summed E-state index contributed by atoms with van der Waals surface area (Å²) >= 11 is 2.10. The van der Waals surface area contributed by atoms with Gasteiger partial charge in [-0.25, -0.2) is 0 Å². The van der Waals surface area contributed by atoms with Crippen molar-refractivity contribution in [2.45, 2.75) is 55.7 Å². The third-order valence-corrected chi connectivity index (χ3v) is 4.91. The van der Waals surface area contributed by atoms with Gasteiger partial charge < -0.3 is 5.32 Å². The van der Waals surface area contributed by atoms with Crippen molar-refractivity contribution in [3.63, 3.8) is 0 Å². The van der Waals surface area contributed by atoms with Crippen LogP contribution in [-0.2, 0) is 0 Å². The first-order valence-corrected chi connectivity index (χ1v) is 6.86. The maximum Gasteiger partial charge on any atom is 0.0281 e. The van der Waals surface area contributed by atoms with E-state index >= 15 is 0 Å². The van der Waals surface area contributed by atoms with Crippen LogP contribution >= 0.6 is 11.8 Å². The maximum absolute atomic E-state index is 3.70. The molecule has 0 saturated heterocycles. The summed E-state index contributed by atoms with van der Waals surface area (Å²) in [4.78, 5) is 0. The monoisotopic (exact) mass is 199 g/mol. The molecule has 2 heteroatoms. The molecule has 2 saturated carbocycles. The first-order chi connectivity index (χ1) is 6.35. The van der Waals surface area contributed by atoms with Gasteiger partial charge in [0.2, 0.25) is 0 Å². The van der Waals surface area contributed by atoms with Crippen LogP contribution in [0.3, 0.4) is 0 Å². The molecule has 0 radical (unpaired) electrons. The molecule has 0 aromatic rings. The molecule has 2 fully saturated rings. The van der Waals surface area contributed by atoms with E-state index in [9.17, 15) is 0 Å². The summed E-state index contributed by atoms with van der Waals surface area (Å²) in [7, 11) is 0. The minimum absolute atomic E-state index is 0.598. The summed E-state index contributed by atoms with van der Waals surface area (Å²) in [5.74, 6) is 0. The Balaban J connectivity index is 1.80. The van der Waals surface area contributed by atoms with Crippen molar-refractivity contribution in [1.29, 1.82) is 0 Å². The van der Waals surface area contributed by atoms with Gasteiger partial charge in [-0.05, 0) is 31.9 Å². The molecule has 0 unspecified atom stereocenters. The Morgan fingerprint density at radius 2 is 1.92 bits per heavy atom. The molecule has 2 rings (SSSR count). The van der Waals surface area contributed by atoms with Crippen molar-refractivity contribution < 1.29 is 0 Å². The Morgan fingerprint density at radius 3 is 2.46 bits per heavy atom. The predicted molar refractivity (Wildman–Crippen MR) is 60.4 cm³/mol. The van der Waals surface area contributed by atoms with Gasteiger partial charge in [-0.1, -0.05) is 19.3 Å². The topological polar surface area (TPSA) is 12.0 Å². The lowest BCUT2D eigenvalue weighted by Gasteiger charge is -2.36. The fraction of sp³-hybridized carbons (Fsp3) is 1.00. The largest absolute Gasteiger partial charge is 0.313 e. The first-order valence-electron chi connectivity index (χ1n) is 5.63. The molecule has 13 heavy (non-hydrogen) atoms. The van der Waals surface area contributed by atoms with Gasteiger partial charge in [0.15, 0.2) is 0 Å². The summed E-state index contributed by atoms with van der Waals surface area (Å²) in [6.07, 6.45) is 12.4. The second-order valence-corrected chi connectivity index (χ2v) is 5.88. The molecule has 2 aliphatic carbocycles. The number of rotatable bonds is 4. The number of thioether (sulfide) groups is 1. The van der Waals surface area contributed by atoms with E-state index in [0.717, 1.165) is 6.04 Å². The molecule has 0 amide bonds. The van der Waals surface area contributed by atoms with Gasteiger partial charge in [-0.15, -0.1) is 0 Å². The van der Waals surface area contributed by atoms with E-state index in [1.165, 1.54) is 51.5 Å². The molecule has 0 heterocycles. The average molecular weight is 199 g/mol. The van der Waals surface area contributed by atoms with Crippen molar-refractivity contribution >= 4 is 11.8 Å². The fourth-order valence-corrected chi connectivity index (χ4v) is 3.19. The van der Waals surface area contributed by atoms with Crippen LogP contribution in [0.15, 0.2) is 0 Å². The van der Waals surface area contributed by atoms with Crippen molar-refractivity contribution in [2.75, 3.05) is 12.8 Å². The number of hydrogen-bond acceptors (Lipinski definition) is 2. The van der Waals surface area contributed by atoms with Crippen LogP contribution in [-0.4, -0.2) is 23.6 Å². The van der Waals surface area contributed by atoms with Crippen molar-refractivity contribution in [2.24, 2.45) is 0 Å². The van der Waals surface area contributed by atoms with Crippen LogP contribution in [0.1, 0.15) is 44.9 Å². The van der Waals surface area contributed by atoms with Crippen LogP contribution in [0.5, 0.6) is 0 Å². The van der Waals surface area contributed by atoms with Crippen LogP contribution in [0.25, 0.3) is 0 Å². The Bertz CT molecular complexity index is 159. The maximum atomic E-state index is 3.70. The van der Waals surface area contributed by atoms with Gasteiger partial charge in [0.05, 0.1) is 0 Å². The van der Waals surface area contributed by atoms with Crippen LogP contribution in [0.4, 0.5) is 0 Å². The van der Waals surface area contributed by atoms with E-state index in [1.807, 2.05) is 0 Å². The summed E-state index contributed by atoms with van der Waals surface area (Å²) in [6, 6.07) is 0.881. The third-order valence-electron chi connectivity index (χ3n) is 3.49. The van der Waals surface area contributed by atoms with Crippen molar-refractivity contribution in [3.05, 3.63) is 0 Å². The second-order valence-electron chi connectivity index (χ2n) is 4.60. The molecule has 0 aliphatic heterocycles. The predicted octanol–water partition coefficient (Wildman–Crippen LogP) is 2.80. The first kappa shape index (κ1) is 9.85. The molecule has 76 valence electrons. The fourth-order valence-electron chi connectivity index (χ4n) is 2.27. The standard InChI is InChI=1S/C11H21NS/c1-13-11(7-3-2-4-8-11)9-12-10-5-6-10/h10,12H,2-9H2,1H3. The molecular weight excluding hydrogens is 178 g/mol. The second kappa shape index (κ2) is 4.22. The lowest BCUT2D eigenvalue weighted by molar-refractivity contribution is 0.379. The van der Waals surface area contributed by atoms with Crippen LogP contribution in [0.2, 0.25) is 0 Å². The summed E-state index contributed by atoms with van der Waals surface area (Å²) in [6.45, 7) is 1.26. The highest BCUT2D eigenvalue weighted by Crippen LogP contribution is 2.38. The van der Waals surface area contributed by atoms with Gasteiger partial charge in [-0.3, -0.25) is 0 Å². The van der Waals surface area contributed by atoms with Gasteiger partial charge in [0.25, 0.3) is 0 Å². The molecule has 0 spiro atoms. The normalized spacial score (nSPS) is 27.5. The van der Waals surface area contributed by atoms with E-state index in [1.54, 1.807) is 0 Å². The van der Waals surface area contributed by atoms with E-state index in [4.69, 9.17) is 0 Å². The Hall–Kier alpha value is 0.310. The van der Waals surface area contributed by atoms with E-state index in [0.29, 0.717) is 4.75 Å². The highest BCUT2D eigenvalue weighted by atomic mass is 32.2.